The molecule has 1 aliphatic heterocycles. The van der Waals surface area contributed by atoms with Crippen LogP contribution in [-0.2, 0) is 17.9 Å². The van der Waals surface area contributed by atoms with Gasteiger partial charge in [-0.2, -0.15) is 0 Å². The van der Waals surface area contributed by atoms with Gasteiger partial charge in [0.1, 0.15) is 0 Å². The number of rotatable bonds is 7. The minimum atomic E-state index is 0.127. The molecule has 30 heavy (non-hydrogen) atoms. The van der Waals surface area contributed by atoms with Crippen LogP contribution in [0.2, 0.25) is 5.02 Å². The molecule has 5 heteroatoms. The molecule has 1 aromatic heterocycles. The lowest BCUT2D eigenvalue weighted by molar-refractivity contribution is -0.121. The summed E-state index contributed by atoms with van der Waals surface area (Å²) in [7, 11) is 0. The molecule has 1 N–H and O–H groups in total. The second-order valence-corrected chi connectivity index (χ2v) is 8.62. The van der Waals surface area contributed by atoms with Crippen molar-refractivity contribution in [2.24, 2.45) is 5.92 Å². The van der Waals surface area contributed by atoms with E-state index in [1.54, 1.807) is 0 Å². The van der Waals surface area contributed by atoms with Crippen LogP contribution in [0.3, 0.4) is 0 Å². The zero-order valence-electron chi connectivity index (χ0n) is 17.2. The fraction of sp³-hybridized carbons (Fsp3) is 0.360. The number of pyridine rings is 1. The second kappa shape index (κ2) is 10.1. The molecular weight excluding hydrogens is 394 g/mol. The Balaban J connectivity index is 1.20. The van der Waals surface area contributed by atoms with Crippen LogP contribution < -0.4 is 5.32 Å². The predicted octanol–water partition coefficient (Wildman–Crippen LogP) is 5.20. The van der Waals surface area contributed by atoms with Gasteiger partial charge in [-0.1, -0.05) is 41.9 Å². The van der Waals surface area contributed by atoms with Crippen LogP contribution in [-0.4, -0.2) is 28.9 Å². The fourth-order valence-electron chi connectivity index (χ4n) is 4.27. The van der Waals surface area contributed by atoms with Crippen molar-refractivity contribution in [2.75, 3.05) is 13.1 Å². The molecule has 3 aromatic rings. The normalized spacial score (nSPS) is 15.4. The van der Waals surface area contributed by atoms with E-state index in [9.17, 15) is 4.79 Å². The molecule has 1 aliphatic rings. The Morgan fingerprint density at radius 2 is 1.97 bits per heavy atom. The summed E-state index contributed by atoms with van der Waals surface area (Å²) in [4.78, 5) is 19.0. The lowest BCUT2D eigenvalue weighted by Gasteiger charge is -2.32. The smallest absolute Gasteiger partial charge is 0.220 e. The molecule has 156 valence electrons. The first-order valence-electron chi connectivity index (χ1n) is 10.7. The fourth-order valence-corrected chi connectivity index (χ4v) is 4.49. The lowest BCUT2D eigenvalue weighted by atomic mass is 9.91. The number of fused-ring (bicyclic) bond motifs is 1. The molecule has 0 saturated carbocycles. The highest BCUT2D eigenvalue weighted by Crippen LogP contribution is 2.25. The van der Waals surface area contributed by atoms with Gasteiger partial charge in [0.25, 0.3) is 0 Å². The number of piperidine rings is 1. The van der Waals surface area contributed by atoms with Gasteiger partial charge in [0.2, 0.25) is 5.91 Å². The molecule has 0 bridgehead atoms. The maximum Gasteiger partial charge on any atom is 0.220 e. The number of nitrogens with one attached hydrogen (secondary N) is 1. The van der Waals surface area contributed by atoms with E-state index in [4.69, 9.17) is 11.6 Å². The summed E-state index contributed by atoms with van der Waals surface area (Å²) < 4.78 is 0. The van der Waals surface area contributed by atoms with Crippen LogP contribution in [0.25, 0.3) is 10.8 Å². The molecule has 0 unspecified atom stereocenters. The molecular formula is C25H28ClN3O. The Labute approximate surface area is 183 Å². The van der Waals surface area contributed by atoms with Crippen molar-refractivity contribution < 1.29 is 4.79 Å². The second-order valence-electron chi connectivity index (χ2n) is 8.18. The van der Waals surface area contributed by atoms with Crippen LogP contribution in [0.4, 0.5) is 0 Å². The number of halogens is 1. The Kier molecular flexibility index (Phi) is 6.98. The number of hydrogen-bond acceptors (Lipinski definition) is 3. The van der Waals surface area contributed by atoms with E-state index in [1.807, 2.05) is 36.7 Å². The zero-order valence-corrected chi connectivity index (χ0v) is 17.9. The van der Waals surface area contributed by atoms with Gasteiger partial charge in [0.05, 0.1) is 0 Å². The third kappa shape index (κ3) is 5.59. The van der Waals surface area contributed by atoms with Gasteiger partial charge in [0.15, 0.2) is 0 Å². The number of amides is 1. The van der Waals surface area contributed by atoms with Crippen molar-refractivity contribution in [3.63, 3.8) is 0 Å². The van der Waals surface area contributed by atoms with Gasteiger partial charge >= 0.3 is 0 Å². The third-order valence-electron chi connectivity index (χ3n) is 6.03. The molecule has 0 spiro atoms. The van der Waals surface area contributed by atoms with E-state index in [1.165, 1.54) is 16.3 Å². The topological polar surface area (TPSA) is 45.2 Å². The van der Waals surface area contributed by atoms with Crippen molar-refractivity contribution in [3.8, 4) is 0 Å². The van der Waals surface area contributed by atoms with E-state index in [-0.39, 0.29) is 5.91 Å². The quantitative estimate of drug-likeness (QED) is 0.570. The van der Waals surface area contributed by atoms with E-state index < -0.39 is 0 Å². The first kappa shape index (κ1) is 20.8. The van der Waals surface area contributed by atoms with Crippen LogP contribution in [0.15, 0.2) is 60.9 Å². The van der Waals surface area contributed by atoms with E-state index >= 15 is 0 Å². The minimum absolute atomic E-state index is 0.127. The van der Waals surface area contributed by atoms with Gasteiger partial charge in [-0.25, -0.2) is 0 Å². The van der Waals surface area contributed by atoms with Crippen molar-refractivity contribution in [1.29, 1.82) is 0 Å². The Morgan fingerprint density at radius 3 is 2.80 bits per heavy atom. The van der Waals surface area contributed by atoms with Gasteiger partial charge in [-0.3, -0.25) is 14.7 Å². The summed E-state index contributed by atoms with van der Waals surface area (Å²) in [6.45, 7) is 3.71. The number of hydrogen-bond donors (Lipinski definition) is 1. The van der Waals surface area contributed by atoms with Crippen molar-refractivity contribution >= 4 is 28.3 Å². The summed E-state index contributed by atoms with van der Waals surface area (Å²) in [5, 5.41) is 6.21. The van der Waals surface area contributed by atoms with Gasteiger partial charge in [-0.15, -0.1) is 0 Å². The predicted molar refractivity (Wildman–Crippen MR) is 122 cm³/mol. The highest BCUT2D eigenvalue weighted by molar-refractivity contribution is 6.30. The number of carbonyl (C=O) groups excluding carboxylic acids is 1. The van der Waals surface area contributed by atoms with Gasteiger partial charge in [-0.05, 0) is 73.0 Å². The SMILES string of the molecule is O=C(CCC1CCN(Cc2cccc3cnccc23)CC1)NCc1cccc(Cl)c1. The van der Waals surface area contributed by atoms with E-state index in [2.05, 4.69) is 39.5 Å². The van der Waals surface area contributed by atoms with Crippen LogP contribution in [0.5, 0.6) is 0 Å². The molecule has 4 rings (SSSR count). The molecule has 0 atom stereocenters. The maximum atomic E-state index is 12.2. The maximum absolute atomic E-state index is 12.2. The van der Waals surface area contributed by atoms with Crippen LogP contribution in [0, 0.1) is 5.92 Å². The molecule has 4 nitrogen and oxygen atoms in total. The Bertz CT molecular complexity index is 993. The Hall–Kier alpha value is -2.43. The number of carbonyl (C=O) groups is 1. The number of benzene rings is 2. The standard InChI is InChI=1S/C25H28ClN3O/c26-23-6-1-3-20(15-23)16-28-25(30)8-7-19-10-13-29(14-11-19)18-22-5-2-4-21-17-27-12-9-24(21)22/h1-6,9,12,15,17,19H,7-8,10-11,13-14,16,18H2,(H,28,30). The molecule has 1 amide bonds. The third-order valence-corrected chi connectivity index (χ3v) is 6.27. The average molecular weight is 422 g/mol. The molecule has 2 heterocycles. The lowest BCUT2D eigenvalue weighted by Crippen LogP contribution is -2.33. The summed E-state index contributed by atoms with van der Waals surface area (Å²) in [6, 6.07) is 16.2. The number of aromatic nitrogens is 1. The van der Waals surface area contributed by atoms with Crippen molar-refractivity contribution in [3.05, 3.63) is 77.1 Å². The molecule has 1 saturated heterocycles. The van der Waals surface area contributed by atoms with Crippen LogP contribution in [0.1, 0.15) is 36.8 Å². The van der Waals surface area contributed by atoms with Crippen molar-refractivity contribution in [1.82, 2.24) is 15.2 Å². The minimum Gasteiger partial charge on any atom is -0.352 e. The highest BCUT2D eigenvalue weighted by Gasteiger charge is 2.20. The summed E-state index contributed by atoms with van der Waals surface area (Å²) in [5.74, 6) is 0.761. The first-order valence-corrected chi connectivity index (χ1v) is 11.1. The summed E-state index contributed by atoms with van der Waals surface area (Å²) >= 11 is 5.99. The molecule has 1 fully saturated rings. The van der Waals surface area contributed by atoms with Crippen molar-refractivity contribution in [2.45, 2.75) is 38.8 Å². The molecule has 0 aliphatic carbocycles. The Morgan fingerprint density at radius 1 is 1.13 bits per heavy atom. The largest absolute Gasteiger partial charge is 0.352 e. The monoisotopic (exact) mass is 421 g/mol. The highest BCUT2D eigenvalue weighted by atomic mass is 35.5. The molecule has 0 radical (unpaired) electrons. The van der Waals surface area contributed by atoms with E-state index in [0.717, 1.165) is 44.5 Å². The van der Waals surface area contributed by atoms with Gasteiger partial charge < -0.3 is 5.32 Å². The summed E-state index contributed by atoms with van der Waals surface area (Å²) in [5.41, 5.74) is 2.40. The summed E-state index contributed by atoms with van der Waals surface area (Å²) in [6.07, 6.45) is 7.69. The van der Waals surface area contributed by atoms with Gasteiger partial charge in [0, 0.05) is 42.3 Å². The zero-order chi connectivity index (χ0) is 20.8. The van der Waals surface area contributed by atoms with Crippen LogP contribution >= 0.6 is 11.6 Å². The number of nitrogens with zero attached hydrogens (tertiary/aromatic N) is 2. The first-order chi connectivity index (χ1) is 14.7. The van der Waals surface area contributed by atoms with E-state index in [0.29, 0.717) is 23.9 Å². The molecule has 2 aromatic carbocycles. The number of likely N-dealkylation sites (tertiary alicyclic amines) is 1. The average Bonchev–Trinajstić information content (AvgIpc) is 2.77.